The number of rotatable bonds is 3. The number of hydrogen-bond donors (Lipinski definition) is 1. The molecular formula is C9H11ClN2O2. The Kier molecular flexibility index (Phi) is 3.30. The molecule has 0 radical (unpaired) electrons. The maximum atomic E-state index is 10.7. The molecule has 1 unspecified atom stereocenters. The molecule has 1 N–H and O–H groups in total. The first kappa shape index (κ1) is 10.8. The molecule has 4 nitrogen and oxygen atoms in total. The van der Waals surface area contributed by atoms with E-state index in [-0.39, 0.29) is 0 Å². The highest BCUT2D eigenvalue weighted by Gasteiger charge is 2.17. The Labute approximate surface area is 87.1 Å². The lowest BCUT2D eigenvalue weighted by molar-refractivity contribution is -0.138. The van der Waals surface area contributed by atoms with Gasteiger partial charge in [0, 0.05) is 13.2 Å². The first-order chi connectivity index (χ1) is 6.52. The van der Waals surface area contributed by atoms with Gasteiger partial charge in [-0.1, -0.05) is 11.6 Å². The van der Waals surface area contributed by atoms with Crippen LogP contribution in [0.1, 0.15) is 6.92 Å². The summed E-state index contributed by atoms with van der Waals surface area (Å²) in [6.07, 6.45) is 1.49. The predicted molar refractivity (Wildman–Crippen MR) is 54.7 cm³/mol. The molecule has 0 bridgehead atoms. The molecule has 0 spiro atoms. The van der Waals surface area contributed by atoms with Crippen molar-refractivity contribution in [3.05, 3.63) is 23.4 Å². The van der Waals surface area contributed by atoms with Crippen molar-refractivity contribution < 1.29 is 9.90 Å². The smallest absolute Gasteiger partial charge is 0.326 e. The molecule has 0 aliphatic rings. The fourth-order valence-electron chi connectivity index (χ4n) is 0.941. The maximum absolute atomic E-state index is 10.7. The van der Waals surface area contributed by atoms with Gasteiger partial charge in [-0.3, -0.25) is 0 Å². The molecule has 5 heteroatoms. The Bertz CT molecular complexity index is 326. The molecule has 76 valence electrons. The number of anilines is 1. The van der Waals surface area contributed by atoms with Crippen LogP contribution in [0.25, 0.3) is 0 Å². The van der Waals surface area contributed by atoms with Gasteiger partial charge >= 0.3 is 5.97 Å². The predicted octanol–water partition coefficient (Wildman–Crippen LogP) is 1.64. The van der Waals surface area contributed by atoms with Crippen LogP contribution in [0.3, 0.4) is 0 Å². The maximum Gasteiger partial charge on any atom is 0.326 e. The van der Waals surface area contributed by atoms with Gasteiger partial charge in [-0.05, 0) is 19.1 Å². The van der Waals surface area contributed by atoms with E-state index in [2.05, 4.69) is 4.98 Å². The van der Waals surface area contributed by atoms with Crippen molar-refractivity contribution in [1.82, 2.24) is 4.98 Å². The van der Waals surface area contributed by atoms with Gasteiger partial charge in [-0.15, -0.1) is 0 Å². The van der Waals surface area contributed by atoms with Crippen molar-refractivity contribution >= 4 is 23.4 Å². The van der Waals surface area contributed by atoms with Gasteiger partial charge in [-0.2, -0.15) is 0 Å². The molecule has 0 fully saturated rings. The summed E-state index contributed by atoms with van der Waals surface area (Å²) in [5.74, 6) is -0.298. The van der Waals surface area contributed by atoms with Crippen molar-refractivity contribution in [2.24, 2.45) is 0 Å². The summed E-state index contributed by atoms with van der Waals surface area (Å²) in [6, 6.07) is 2.75. The Morgan fingerprint density at radius 3 is 2.71 bits per heavy atom. The fourth-order valence-corrected chi connectivity index (χ4v) is 1.05. The zero-order valence-electron chi connectivity index (χ0n) is 7.94. The van der Waals surface area contributed by atoms with Gasteiger partial charge in [0.1, 0.15) is 11.9 Å². The molecule has 0 aliphatic heterocycles. The summed E-state index contributed by atoms with van der Waals surface area (Å²) in [4.78, 5) is 16.3. The molecule has 1 rings (SSSR count). The number of hydrogen-bond acceptors (Lipinski definition) is 3. The number of halogens is 1. The highest BCUT2D eigenvalue weighted by molar-refractivity contribution is 6.30. The molecule has 0 aromatic carbocycles. The number of likely N-dealkylation sites (N-methyl/N-ethyl adjacent to an activating group) is 1. The van der Waals surface area contributed by atoms with E-state index < -0.39 is 12.0 Å². The van der Waals surface area contributed by atoms with Crippen LogP contribution >= 0.6 is 11.6 Å². The van der Waals surface area contributed by atoms with Crippen molar-refractivity contribution in [3.63, 3.8) is 0 Å². The minimum absolute atomic E-state index is 0.533. The monoisotopic (exact) mass is 214 g/mol. The van der Waals surface area contributed by atoms with Crippen LogP contribution in [0.15, 0.2) is 18.3 Å². The van der Waals surface area contributed by atoms with Crippen LogP contribution in [0.4, 0.5) is 5.82 Å². The van der Waals surface area contributed by atoms with Crippen molar-refractivity contribution in [2.45, 2.75) is 13.0 Å². The normalized spacial score (nSPS) is 12.2. The van der Waals surface area contributed by atoms with E-state index >= 15 is 0 Å². The Morgan fingerprint density at radius 1 is 1.64 bits per heavy atom. The SMILES string of the molecule is CC(C(=O)O)N(C)c1ccc(Cl)cn1. The fraction of sp³-hybridized carbons (Fsp3) is 0.333. The van der Waals surface area contributed by atoms with Gasteiger partial charge < -0.3 is 10.0 Å². The van der Waals surface area contributed by atoms with E-state index in [1.807, 2.05) is 0 Å². The number of carboxylic acids is 1. The quantitative estimate of drug-likeness (QED) is 0.831. The molecule has 1 aromatic rings. The average molecular weight is 215 g/mol. The van der Waals surface area contributed by atoms with Gasteiger partial charge in [0.2, 0.25) is 0 Å². The molecule has 0 saturated carbocycles. The molecule has 0 saturated heterocycles. The summed E-state index contributed by atoms with van der Waals surface area (Å²) >= 11 is 5.66. The zero-order valence-corrected chi connectivity index (χ0v) is 8.69. The van der Waals surface area contributed by atoms with Crippen LogP contribution in [0.2, 0.25) is 5.02 Å². The topological polar surface area (TPSA) is 53.4 Å². The van der Waals surface area contributed by atoms with E-state index in [0.29, 0.717) is 10.8 Å². The molecule has 1 heterocycles. The van der Waals surface area contributed by atoms with Crippen LogP contribution in [0.5, 0.6) is 0 Å². The zero-order chi connectivity index (χ0) is 10.7. The Balaban J connectivity index is 2.84. The number of nitrogens with zero attached hydrogens (tertiary/aromatic N) is 2. The van der Waals surface area contributed by atoms with Gasteiger partial charge in [0.15, 0.2) is 0 Å². The van der Waals surface area contributed by atoms with Gasteiger partial charge in [-0.25, -0.2) is 9.78 Å². The second-order valence-corrected chi connectivity index (χ2v) is 3.40. The van der Waals surface area contributed by atoms with Crippen LogP contribution in [-0.2, 0) is 4.79 Å². The highest BCUT2D eigenvalue weighted by atomic mass is 35.5. The molecule has 0 amide bonds. The van der Waals surface area contributed by atoms with Crippen molar-refractivity contribution in [2.75, 3.05) is 11.9 Å². The summed E-state index contributed by atoms with van der Waals surface area (Å²) in [5, 5.41) is 9.31. The lowest BCUT2D eigenvalue weighted by Crippen LogP contribution is -2.36. The van der Waals surface area contributed by atoms with E-state index in [1.54, 1.807) is 31.0 Å². The third kappa shape index (κ3) is 2.35. The van der Waals surface area contributed by atoms with E-state index in [1.165, 1.54) is 6.20 Å². The molecule has 14 heavy (non-hydrogen) atoms. The number of pyridine rings is 1. The van der Waals surface area contributed by atoms with Gasteiger partial charge in [0.05, 0.1) is 5.02 Å². The number of aromatic nitrogens is 1. The van der Waals surface area contributed by atoms with Crippen LogP contribution < -0.4 is 4.90 Å². The second kappa shape index (κ2) is 4.28. The Morgan fingerprint density at radius 2 is 2.29 bits per heavy atom. The van der Waals surface area contributed by atoms with Crippen LogP contribution in [0, 0.1) is 0 Å². The van der Waals surface area contributed by atoms with Gasteiger partial charge in [0.25, 0.3) is 0 Å². The summed E-state index contributed by atoms with van der Waals surface area (Å²) in [7, 11) is 1.68. The standard InChI is InChI=1S/C9H11ClN2O2/c1-6(9(13)14)12(2)8-4-3-7(10)5-11-8/h3-6H,1-2H3,(H,13,14). The summed E-state index contributed by atoms with van der Waals surface area (Å²) < 4.78 is 0. The number of carbonyl (C=O) groups is 1. The minimum Gasteiger partial charge on any atom is -0.480 e. The third-order valence-electron chi connectivity index (χ3n) is 2.01. The minimum atomic E-state index is -0.885. The van der Waals surface area contributed by atoms with E-state index in [9.17, 15) is 4.79 Å². The third-order valence-corrected chi connectivity index (χ3v) is 2.24. The molecular weight excluding hydrogens is 204 g/mol. The van der Waals surface area contributed by atoms with Crippen LogP contribution in [-0.4, -0.2) is 29.1 Å². The average Bonchev–Trinajstić information content (AvgIpc) is 2.16. The first-order valence-corrected chi connectivity index (χ1v) is 4.47. The summed E-state index contributed by atoms with van der Waals surface area (Å²) in [6.45, 7) is 1.60. The highest BCUT2D eigenvalue weighted by Crippen LogP contribution is 2.14. The molecule has 0 aliphatic carbocycles. The largest absolute Gasteiger partial charge is 0.480 e. The lowest BCUT2D eigenvalue weighted by Gasteiger charge is -2.22. The number of carboxylic acid groups (broad SMARTS) is 1. The van der Waals surface area contributed by atoms with E-state index in [4.69, 9.17) is 16.7 Å². The van der Waals surface area contributed by atoms with Crippen molar-refractivity contribution in [1.29, 1.82) is 0 Å². The Hall–Kier alpha value is -1.29. The molecule has 1 atom stereocenters. The van der Waals surface area contributed by atoms with E-state index in [0.717, 1.165) is 0 Å². The summed E-state index contributed by atoms with van der Waals surface area (Å²) in [5.41, 5.74) is 0. The second-order valence-electron chi connectivity index (χ2n) is 2.96. The number of aliphatic carboxylic acids is 1. The molecule has 1 aromatic heterocycles. The lowest BCUT2D eigenvalue weighted by atomic mass is 10.3. The first-order valence-electron chi connectivity index (χ1n) is 4.09. The van der Waals surface area contributed by atoms with Crippen molar-refractivity contribution in [3.8, 4) is 0 Å².